The molecule has 2 aliphatic heterocycles. The smallest absolute Gasteiger partial charge is 0.328 e. The van der Waals surface area contributed by atoms with Gasteiger partial charge in [0, 0.05) is 31.7 Å². The van der Waals surface area contributed by atoms with E-state index in [1.807, 2.05) is 18.2 Å². The minimum Gasteiger partial charge on any atom is -0.371 e. The summed E-state index contributed by atoms with van der Waals surface area (Å²) in [6, 6.07) is 5.78. The van der Waals surface area contributed by atoms with Crippen molar-refractivity contribution in [1.82, 2.24) is 10.6 Å². The van der Waals surface area contributed by atoms with E-state index < -0.39 is 6.03 Å². The van der Waals surface area contributed by atoms with Gasteiger partial charge in [-0.05, 0) is 44.1 Å². The first-order valence-electron chi connectivity index (χ1n) is 7.90. The maximum atomic E-state index is 12.1. The second-order valence-corrected chi connectivity index (χ2v) is 6.39. The van der Waals surface area contributed by atoms with E-state index in [2.05, 4.69) is 22.6 Å². The molecule has 0 bridgehead atoms. The Morgan fingerprint density at radius 2 is 2.00 bits per heavy atom. The van der Waals surface area contributed by atoms with E-state index in [4.69, 9.17) is 11.6 Å². The molecule has 3 amide bonds. The number of halogens is 1. The predicted octanol–water partition coefficient (Wildman–Crippen LogP) is 1.97. The van der Waals surface area contributed by atoms with Crippen molar-refractivity contribution in [2.45, 2.75) is 25.3 Å². The van der Waals surface area contributed by atoms with Gasteiger partial charge in [-0.15, -0.1) is 0 Å². The molecule has 7 heteroatoms. The lowest BCUT2D eigenvalue weighted by atomic mass is 10.0. The SMILES string of the molecule is CN(c1ccc(Cl)c(N2CCC(=O)NC2=O)c1)C1CCNCC1. The van der Waals surface area contributed by atoms with Gasteiger partial charge in [-0.1, -0.05) is 11.6 Å². The minimum atomic E-state index is -0.412. The summed E-state index contributed by atoms with van der Waals surface area (Å²) in [5.41, 5.74) is 1.68. The Hall–Kier alpha value is -1.79. The fourth-order valence-corrected chi connectivity index (χ4v) is 3.35. The number of hydrogen-bond donors (Lipinski definition) is 2. The lowest BCUT2D eigenvalue weighted by Crippen LogP contribution is -2.49. The number of nitrogens with zero attached hydrogens (tertiary/aromatic N) is 2. The molecule has 2 N–H and O–H groups in total. The molecule has 0 aromatic heterocycles. The molecule has 0 unspecified atom stereocenters. The lowest BCUT2D eigenvalue weighted by molar-refractivity contribution is -0.120. The van der Waals surface area contributed by atoms with Gasteiger partial charge in [0.05, 0.1) is 10.7 Å². The number of anilines is 2. The number of rotatable bonds is 3. The molecule has 23 heavy (non-hydrogen) atoms. The summed E-state index contributed by atoms with van der Waals surface area (Å²) in [7, 11) is 2.07. The zero-order valence-corrected chi connectivity index (χ0v) is 13.9. The Kier molecular flexibility index (Phi) is 4.73. The van der Waals surface area contributed by atoms with Gasteiger partial charge in [-0.2, -0.15) is 0 Å². The van der Waals surface area contributed by atoms with E-state index in [9.17, 15) is 9.59 Å². The van der Waals surface area contributed by atoms with Crippen molar-refractivity contribution in [3.8, 4) is 0 Å². The van der Waals surface area contributed by atoms with Crippen LogP contribution in [0.25, 0.3) is 0 Å². The van der Waals surface area contributed by atoms with Crippen molar-refractivity contribution in [2.75, 3.05) is 36.5 Å². The standard InChI is InChI=1S/C16H21ClN4O2/c1-20(11-4-7-18-8-5-11)12-2-3-13(17)14(10-12)21-9-6-15(22)19-16(21)23/h2-3,10-11,18H,4-9H2,1H3,(H,19,22,23). The fourth-order valence-electron chi connectivity index (χ4n) is 3.13. The predicted molar refractivity (Wildman–Crippen MR) is 91.2 cm³/mol. The lowest BCUT2D eigenvalue weighted by Gasteiger charge is -2.34. The average molecular weight is 337 g/mol. The third-order valence-electron chi connectivity index (χ3n) is 4.54. The molecule has 3 rings (SSSR count). The third-order valence-corrected chi connectivity index (χ3v) is 4.86. The Labute approximate surface area is 140 Å². The number of carbonyl (C=O) groups excluding carboxylic acids is 2. The van der Waals surface area contributed by atoms with E-state index in [1.54, 1.807) is 0 Å². The maximum absolute atomic E-state index is 12.1. The Morgan fingerprint density at radius 3 is 2.70 bits per heavy atom. The van der Waals surface area contributed by atoms with E-state index in [0.29, 0.717) is 23.3 Å². The van der Waals surface area contributed by atoms with Gasteiger partial charge in [-0.3, -0.25) is 15.0 Å². The Balaban J connectivity index is 1.84. The molecule has 2 heterocycles. The highest BCUT2D eigenvalue weighted by molar-refractivity contribution is 6.34. The van der Waals surface area contributed by atoms with Gasteiger partial charge < -0.3 is 10.2 Å². The van der Waals surface area contributed by atoms with Gasteiger partial charge in [0.15, 0.2) is 0 Å². The number of benzene rings is 1. The first kappa shape index (κ1) is 16.1. The molecule has 2 aliphatic rings. The van der Waals surface area contributed by atoms with E-state index in [-0.39, 0.29) is 12.3 Å². The van der Waals surface area contributed by atoms with Crippen LogP contribution < -0.4 is 20.4 Å². The largest absolute Gasteiger partial charge is 0.371 e. The first-order chi connectivity index (χ1) is 11.1. The van der Waals surface area contributed by atoms with Crippen LogP contribution in [0.2, 0.25) is 5.02 Å². The fraction of sp³-hybridized carbons (Fsp3) is 0.500. The maximum Gasteiger partial charge on any atom is 0.328 e. The first-order valence-corrected chi connectivity index (χ1v) is 8.28. The number of nitrogens with one attached hydrogen (secondary N) is 2. The molecular formula is C16H21ClN4O2. The minimum absolute atomic E-state index is 0.245. The molecule has 0 atom stereocenters. The van der Waals surface area contributed by atoms with Crippen molar-refractivity contribution < 1.29 is 9.59 Å². The molecule has 2 saturated heterocycles. The van der Waals surface area contributed by atoms with Crippen molar-refractivity contribution in [3.05, 3.63) is 23.2 Å². The van der Waals surface area contributed by atoms with Gasteiger partial charge in [-0.25, -0.2) is 4.79 Å². The van der Waals surface area contributed by atoms with Crippen LogP contribution in [0.1, 0.15) is 19.3 Å². The average Bonchev–Trinajstić information content (AvgIpc) is 2.56. The molecule has 2 fully saturated rings. The molecule has 0 radical (unpaired) electrons. The van der Waals surface area contributed by atoms with E-state index in [0.717, 1.165) is 31.6 Å². The Morgan fingerprint density at radius 1 is 1.26 bits per heavy atom. The van der Waals surface area contributed by atoms with Gasteiger partial charge in [0.25, 0.3) is 0 Å². The second kappa shape index (κ2) is 6.76. The summed E-state index contributed by atoms with van der Waals surface area (Å²) in [6.07, 6.45) is 2.47. The highest BCUT2D eigenvalue weighted by atomic mass is 35.5. The van der Waals surface area contributed by atoms with Crippen molar-refractivity contribution in [1.29, 1.82) is 0 Å². The van der Waals surface area contributed by atoms with Crippen LogP contribution >= 0.6 is 11.6 Å². The summed E-state index contributed by atoms with van der Waals surface area (Å²) in [4.78, 5) is 27.1. The van der Waals surface area contributed by atoms with Crippen LogP contribution in [0, 0.1) is 0 Å². The van der Waals surface area contributed by atoms with Gasteiger partial charge >= 0.3 is 6.03 Å². The molecule has 0 saturated carbocycles. The summed E-state index contributed by atoms with van der Waals surface area (Å²) in [5, 5.41) is 6.21. The van der Waals surface area contributed by atoms with Gasteiger partial charge in [0.1, 0.15) is 0 Å². The topological polar surface area (TPSA) is 64.7 Å². The molecule has 0 aliphatic carbocycles. The highest BCUT2D eigenvalue weighted by Crippen LogP contribution is 2.32. The number of urea groups is 1. The van der Waals surface area contributed by atoms with Gasteiger partial charge in [0.2, 0.25) is 5.91 Å². The van der Waals surface area contributed by atoms with Crippen molar-refractivity contribution in [3.63, 3.8) is 0 Å². The van der Waals surface area contributed by atoms with Crippen LogP contribution in [-0.4, -0.2) is 44.7 Å². The van der Waals surface area contributed by atoms with E-state index in [1.165, 1.54) is 4.90 Å². The Bertz CT molecular complexity index is 616. The van der Waals surface area contributed by atoms with Crippen LogP contribution in [-0.2, 0) is 4.79 Å². The van der Waals surface area contributed by atoms with Crippen LogP contribution in [0.15, 0.2) is 18.2 Å². The molecule has 0 spiro atoms. The number of hydrogen-bond acceptors (Lipinski definition) is 4. The third kappa shape index (κ3) is 3.43. The number of imide groups is 1. The van der Waals surface area contributed by atoms with Crippen molar-refractivity contribution in [2.24, 2.45) is 0 Å². The molecule has 1 aromatic rings. The zero-order valence-electron chi connectivity index (χ0n) is 13.1. The highest BCUT2D eigenvalue weighted by Gasteiger charge is 2.27. The number of piperidine rings is 1. The summed E-state index contributed by atoms with van der Waals surface area (Å²) >= 11 is 6.29. The van der Waals surface area contributed by atoms with E-state index >= 15 is 0 Å². The second-order valence-electron chi connectivity index (χ2n) is 5.98. The molecule has 6 nitrogen and oxygen atoms in total. The van der Waals surface area contributed by atoms with Crippen LogP contribution in [0.3, 0.4) is 0 Å². The van der Waals surface area contributed by atoms with Crippen molar-refractivity contribution >= 4 is 34.9 Å². The normalized spacial score (nSPS) is 19.7. The van der Waals surface area contributed by atoms with Crippen LogP contribution in [0.5, 0.6) is 0 Å². The summed E-state index contributed by atoms with van der Waals surface area (Å²) in [6.45, 7) is 2.39. The molecular weight excluding hydrogens is 316 g/mol. The molecule has 124 valence electrons. The van der Waals surface area contributed by atoms with Crippen LogP contribution in [0.4, 0.5) is 16.2 Å². The summed E-state index contributed by atoms with van der Waals surface area (Å²) in [5.74, 6) is -0.245. The summed E-state index contributed by atoms with van der Waals surface area (Å²) < 4.78 is 0. The quantitative estimate of drug-likeness (QED) is 0.886. The molecule has 1 aromatic carbocycles. The number of carbonyl (C=O) groups is 2. The monoisotopic (exact) mass is 336 g/mol. The number of amides is 3. The zero-order chi connectivity index (χ0) is 16.4.